The van der Waals surface area contributed by atoms with Gasteiger partial charge in [0.2, 0.25) is 0 Å². The maximum atomic E-state index is 11.6. The summed E-state index contributed by atoms with van der Waals surface area (Å²) in [5.74, 6) is 1.69. The van der Waals surface area contributed by atoms with Crippen molar-refractivity contribution in [3.8, 4) is 0 Å². The van der Waals surface area contributed by atoms with Crippen LogP contribution in [-0.4, -0.2) is 5.78 Å². The molecule has 1 aliphatic rings. The first-order chi connectivity index (χ1) is 6.24. The van der Waals surface area contributed by atoms with Gasteiger partial charge >= 0.3 is 0 Å². The molecule has 75 valence electrons. The fraction of sp³-hybridized carbons (Fsp3) is 0.833. The predicted molar refractivity (Wildman–Crippen MR) is 55.3 cm³/mol. The second-order valence-corrected chi connectivity index (χ2v) is 4.39. The van der Waals surface area contributed by atoms with Gasteiger partial charge in [0.25, 0.3) is 0 Å². The first kappa shape index (κ1) is 10.7. The fourth-order valence-corrected chi connectivity index (χ4v) is 2.18. The van der Waals surface area contributed by atoms with Crippen molar-refractivity contribution < 1.29 is 4.79 Å². The van der Waals surface area contributed by atoms with Crippen LogP contribution in [0, 0.1) is 18.8 Å². The number of carbonyl (C=O) groups is 1. The summed E-state index contributed by atoms with van der Waals surface area (Å²) in [7, 11) is 0. The summed E-state index contributed by atoms with van der Waals surface area (Å²) < 4.78 is 0. The lowest BCUT2D eigenvalue weighted by molar-refractivity contribution is -0.122. The Balaban J connectivity index is 2.16. The van der Waals surface area contributed by atoms with Gasteiger partial charge in [-0.25, -0.2) is 0 Å². The molecule has 2 unspecified atom stereocenters. The van der Waals surface area contributed by atoms with E-state index in [1.165, 1.54) is 6.42 Å². The van der Waals surface area contributed by atoms with Crippen LogP contribution in [0.2, 0.25) is 0 Å². The standard InChI is InChI=1S/C12H21O/c1-3-4-5-6-12(13)11-8-7-10(2)9-11/h10-11H,1,3-9H2,2H3. The average molecular weight is 181 g/mol. The molecule has 1 nitrogen and oxygen atoms in total. The minimum absolute atomic E-state index is 0.403. The van der Waals surface area contributed by atoms with E-state index in [1.807, 2.05) is 0 Å². The first-order valence-corrected chi connectivity index (χ1v) is 5.56. The van der Waals surface area contributed by atoms with Crippen molar-refractivity contribution in [2.24, 2.45) is 11.8 Å². The molecule has 13 heavy (non-hydrogen) atoms. The van der Waals surface area contributed by atoms with E-state index in [1.54, 1.807) is 0 Å². The molecule has 0 heterocycles. The van der Waals surface area contributed by atoms with Crippen molar-refractivity contribution in [1.29, 1.82) is 0 Å². The number of hydrogen-bond acceptors (Lipinski definition) is 1. The third kappa shape index (κ3) is 3.50. The Bertz CT molecular complexity index is 163. The quantitative estimate of drug-likeness (QED) is 0.594. The zero-order valence-corrected chi connectivity index (χ0v) is 8.72. The highest BCUT2D eigenvalue weighted by molar-refractivity contribution is 5.81. The molecule has 2 atom stereocenters. The normalized spacial score (nSPS) is 27.8. The summed E-state index contributed by atoms with van der Waals surface area (Å²) in [6.07, 6.45) is 7.46. The number of Topliss-reactive ketones (excluding diaryl/α,β-unsaturated/α-hetero) is 1. The Morgan fingerprint density at radius 3 is 2.69 bits per heavy atom. The van der Waals surface area contributed by atoms with E-state index >= 15 is 0 Å². The average Bonchev–Trinajstić information content (AvgIpc) is 2.52. The van der Waals surface area contributed by atoms with E-state index in [2.05, 4.69) is 13.8 Å². The molecule has 0 saturated heterocycles. The van der Waals surface area contributed by atoms with Crippen LogP contribution in [0.3, 0.4) is 0 Å². The zero-order chi connectivity index (χ0) is 9.68. The lowest BCUT2D eigenvalue weighted by Gasteiger charge is -2.07. The molecular weight excluding hydrogens is 160 g/mol. The van der Waals surface area contributed by atoms with Crippen molar-refractivity contribution in [3.05, 3.63) is 6.92 Å². The van der Waals surface area contributed by atoms with Gasteiger partial charge < -0.3 is 0 Å². The molecule has 0 aromatic heterocycles. The Morgan fingerprint density at radius 2 is 2.15 bits per heavy atom. The lowest BCUT2D eigenvalue weighted by Crippen LogP contribution is -2.10. The zero-order valence-electron chi connectivity index (χ0n) is 8.72. The van der Waals surface area contributed by atoms with Crippen molar-refractivity contribution in [2.75, 3.05) is 0 Å². The van der Waals surface area contributed by atoms with Gasteiger partial charge in [-0.1, -0.05) is 26.7 Å². The van der Waals surface area contributed by atoms with Crippen LogP contribution in [0.1, 0.15) is 51.9 Å². The lowest BCUT2D eigenvalue weighted by atomic mass is 9.97. The highest BCUT2D eigenvalue weighted by Crippen LogP contribution is 2.31. The van der Waals surface area contributed by atoms with E-state index < -0.39 is 0 Å². The summed E-state index contributed by atoms with van der Waals surface area (Å²) >= 11 is 0. The molecule has 1 aliphatic carbocycles. The van der Waals surface area contributed by atoms with Crippen molar-refractivity contribution in [3.63, 3.8) is 0 Å². The maximum Gasteiger partial charge on any atom is 0.135 e. The third-order valence-corrected chi connectivity index (χ3v) is 3.07. The molecule has 0 aliphatic heterocycles. The van der Waals surface area contributed by atoms with Crippen LogP contribution in [-0.2, 0) is 4.79 Å². The summed E-state index contributed by atoms with van der Waals surface area (Å²) in [5, 5.41) is 0. The van der Waals surface area contributed by atoms with Crippen molar-refractivity contribution in [1.82, 2.24) is 0 Å². The van der Waals surface area contributed by atoms with Crippen molar-refractivity contribution >= 4 is 5.78 Å². The molecule has 0 aromatic rings. The highest BCUT2D eigenvalue weighted by Gasteiger charge is 2.26. The molecule has 1 rings (SSSR count). The van der Waals surface area contributed by atoms with Gasteiger partial charge in [0.1, 0.15) is 5.78 Å². The number of unbranched alkanes of at least 4 members (excludes halogenated alkanes) is 2. The van der Waals surface area contributed by atoms with E-state index in [0.717, 1.165) is 44.4 Å². The maximum absolute atomic E-state index is 11.6. The predicted octanol–water partition coefficient (Wildman–Crippen LogP) is 3.39. The third-order valence-electron chi connectivity index (χ3n) is 3.07. The molecule has 1 heteroatoms. The molecule has 0 aromatic carbocycles. The van der Waals surface area contributed by atoms with Gasteiger partial charge in [-0.05, 0) is 31.6 Å². The second kappa shape index (κ2) is 5.41. The number of rotatable bonds is 5. The van der Waals surface area contributed by atoms with E-state index in [4.69, 9.17) is 0 Å². The molecule has 0 amide bonds. The topological polar surface area (TPSA) is 17.1 Å². The van der Waals surface area contributed by atoms with Crippen LogP contribution >= 0.6 is 0 Å². The Labute approximate surface area is 81.9 Å². The smallest absolute Gasteiger partial charge is 0.135 e. The van der Waals surface area contributed by atoms with E-state index in [0.29, 0.717) is 11.7 Å². The molecule has 1 saturated carbocycles. The van der Waals surface area contributed by atoms with Gasteiger partial charge in [-0.15, -0.1) is 0 Å². The van der Waals surface area contributed by atoms with Crippen molar-refractivity contribution in [2.45, 2.75) is 51.9 Å². The van der Waals surface area contributed by atoms with Crippen LogP contribution in [0.4, 0.5) is 0 Å². The van der Waals surface area contributed by atoms with Crippen LogP contribution in [0.25, 0.3) is 0 Å². The first-order valence-electron chi connectivity index (χ1n) is 5.56. The number of carbonyl (C=O) groups excluding carboxylic acids is 1. The highest BCUT2D eigenvalue weighted by atomic mass is 16.1. The van der Waals surface area contributed by atoms with Gasteiger partial charge in [0.15, 0.2) is 0 Å². The molecule has 0 N–H and O–H groups in total. The largest absolute Gasteiger partial charge is 0.299 e. The van der Waals surface area contributed by atoms with Crippen LogP contribution in [0.15, 0.2) is 0 Å². The minimum atomic E-state index is 0.403. The van der Waals surface area contributed by atoms with Gasteiger partial charge in [0, 0.05) is 12.3 Å². The van der Waals surface area contributed by atoms with Gasteiger partial charge in [0.05, 0.1) is 0 Å². The summed E-state index contributed by atoms with van der Waals surface area (Å²) in [4.78, 5) is 11.6. The van der Waals surface area contributed by atoms with Gasteiger partial charge in [-0.2, -0.15) is 0 Å². The van der Waals surface area contributed by atoms with Crippen LogP contribution < -0.4 is 0 Å². The van der Waals surface area contributed by atoms with Gasteiger partial charge in [-0.3, -0.25) is 4.79 Å². The molecular formula is C12H21O. The second-order valence-electron chi connectivity index (χ2n) is 4.39. The molecule has 1 fully saturated rings. The van der Waals surface area contributed by atoms with E-state index in [9.17, 15) is 4.79 Å². The minimum Gasteiger partial charge on any atom is -0.299 e. The summed E-state index contributed by atoms with van der Waals surface area (Å²) in [5.41, 5.74) is 0. The Morgan fingerprint density at radius 1 is 1.38 bits per heavy atom. The fourth-order valence-electron chi connectivity index (χ4n) is 2.18. The number of ketones is 1. The number of hydrogen-bond donors (Lipinski definition) is 0. The summed E-state index contributed by atoms with van der Waals surface area (Å²) in [6.45, 7) is 6.03. The molecule has 0 bridgehead atoms. The Hall–Kier alpha value is -0.330. The monoisotopic (exact) mass is 181 g/mol. The molecule has 0 spiro atoms. The SMILES string of the molecule is [CH2]CCCCC(=O)C1CCC(C)C1. The molecule has 1 radical (unpaired) electrons. The summed E-state index contributed by atoms with van der Waals surface area (Å²) in [6, 6.07) is 0. The van der Waals surface area contributed by atoms with Crippen LogP contribution in [0.5, 0.6) is 0 Å². The Kier molecular flexibility index (Phi) is 4.47. The van der Waals surface area contributed by atoms with E-state index in [-0.39, 0.29) is 0 Å².